The summed E-state index contributed by atoms with van der Waals surface area (Å²) in [5, 5.41) is 12.5. The predicted octanol–water partition coefficient (Wildman–Crippen LogP) is 2.74. The van der Waals surface area contributed by atoms with Gasteiger partial charge in [-0.25, -0.2) is 8.78 Å². The van der Waals surface area contributed by atoms with Crippen molar-refractivity contribution in [2.45, 2.75) is 49.2 Å². The number of rotatable bonds is 0. The Morgan fingerprint density at radius 1 is 1.16 bits per heavy atom. The van der Waals surface area contributed by atoms with Crippen LogP contribution in [0.4, 0.5) is 8.78 Å². The number of fused-ring (bicyclic) bond motifs is 6. The zero-order valence-corrected chi connectivity index (χ0v) is 16.9. The van der Waals surface area contributed by atoms with E-state index >= 15 is 0 Å². The molecule has 1 N–H and O–H groups in total. The quantitative estimate of drug-likeness (QED) is 0.705. The number of alkyl halides is 2. The number of amides is 1. The Morgan fingerprint density at radius 3 is 2.74 bits per heavy atom. The number of halogens is 2. The van der Waals surface area contributed by atoms with Gasteiger partial charge in [0.25, 0.3) is 11.8 Å². The molecule has 2 saturated carbocycles. The second-order valence-corrected chi connectivity index (χ2v) is 9.92. The van der Waals surface area contributed by atoms with Gasteiger partial charge in [-0.2, -0.15) is 0 Å². The third kappa shape index (κ3) is 1.67. The SMILES string of the molecule is CN1C(=O)c2c(O)c(=O)ccn2N2C1CCC13CC4C(F)(F)C4(C1)c1ccccc1C23. The summed E-state index contributed by atoms with van der Waals surface area (Å²) < 4.78 is 31.6. The average Bonchev–Trinajstić information content (AvgIpc) is 3.03. The van der Waals surface area contributed by atoms with Crippen LogP contribution in [0, 0.1) is 11.3 Å². The van der Waals surface area contributed by atoms with Crippen LogP contribution in [-0.2, 0) is 5.41 Å². The maximum atomic E-state index is 15.0. The highest BCUT2D eigenvalue weighted by atomic mass is 19.3. The predicted molar refractivity (Wildman–Crippen MR) is 107 cm³/mol. The van der Waals surface area contributed by atoms with Crippen LogP contribution in [0.1, 0.15) is 53.3 Å². The summed E-state index contributed by atoms with van der Waals surface area (Å²) in [5.74, 6) is -4.30. The maximum absolute atomic E-state index is 15.0. The van der Waals surface area contributed by atoms with Crippen LogP contribution in [0.5, 0.6) is 5.75 Å². The van der Waals surface area contributed by atoms with Gasteiger partial charge in [-0.05, 0) is 42.2 Å². The number of hydrogen-bond acceptors (Lipinski definition) is 4. The summed E-state index contributed by atoms with van der Waals surface area (Å²) in [7, 11) is 1.68. The molecule has 0 radical (unpaired) electrons. The van der Waals surface area contributed by atoms with E-state index in [9.17, 15) is 23.5 Å². The lowest BCUT2D eigenvalue weighted by Gasteiger charge is -2.60. The number of nitrogens with zero attached hydrogens (tertiary/aromatic N) is 3. The first kappa shape index (κ1) is 17.7. The highest BCUT2D eigenvalue weighted by molar-refractivity contribution is 5.96. The number of pyridine rings is 1. The van der Waals surface area contributed by atoms with E-state index < -0.39 is 34.3 Å². The smallest absolute Gasteiger partial charge is 0.277 e. The molecule has 2 spiro atoms. The lowest BCUT2D eigenvalue weighted by atomic mass is 9.60. The zero-order valence-electron chi connectivity index (χ0n) is 16.9. The molecular formula is C23H21F2N3O3. The van der Waals surface area contributed by atoms with E-state index in [1.165, 1.54) is 12.3 Å². The highest BCUT2D eigenvalue weighted by Gasteiger charge is 2.89. The average molecular weight is 425 g/mol. The van der Waals surface area contributed by atoms with Crippen LogP contribution in [-0.4, -0.2) is 39.7 Å². The van der Waals surface area contributed by atoms with Gasteiger partial charge in [-0.15, -0.1) is 0 Å². The van der Waals surface area contributed by atoms with Crippen LogP contribution in [0.25, 0.3) is 0 Å². The second kappa shape index (κ2) is 4.95. The van der Waals surface area contributed by atoms with E-state index in [-0.39, 0.29) is 23.3 Å². The fourth-order valence-corrected chi connectivity index (χ4v) is 7.57. The summed E-state index contributed by atoms with van der Waals surface area (Å²) in [6.45, 7) is 0. The minimum absolute atomic E-state index is 0.0606. The molecule has 2 bridgehead atoms. The van der Waals surface area contributed by atoms with Crippen molar-refractivity contribution in [3.8, 4) is 5.75 Å². The molecule has 5 atom stereocenters. The van der Waals surface area contributed by atoms with Gasteiger partial charge in [0.05, 0.1) is 11.5 Å². The molecule has 7 rings (SSSR count). The van der Waals surface area contributed by atoms with Crippen molar-refractivity contribution in [3.63, 3.8) is 0 Å². The van der Waals surface area contributed by atoms with E-state index in [0.717, 1.165) is 17.5 Å². The molecule has 1 aromatic heterocycles. The molecule has 5 aliphatic rings. The van der Waals surface area contributed by atoms with Crippen LogP contribution >= 0.6 is 0 Å². The maximum Gasteiger partial charge on any atom is 0.277 e. The van der Waals surface area contributed by atoms with Crippen molar-refractivity contribution in [3.05, 3.63) is 63.6 Å². The highest BCUT2D eigenvalue weighted by Crippen LogP contribution is 2.84. The molecule has 1 amide bonds. The van der Waals surface area contributed by atoms with Crippen LogP contribution < -0.4 is 10.4 Å². The van der Waals surface area contributed by atoms with Gasteiger partial charge < -0.3 is 10.0 Å². The normalized spacial score (nSPS) is 38.0. The number of benzene rings is 1. The first-order valence-corrected chi connectivity index (χ1v) is 10.7. The van der Waals surface area contributed by atoms with Gasteiger partial charge in [0.1, 0.15) is 6.17 Å². The number of hydrogen-bond donors (Lipinski definition) is 1. The number of carbonyl (C=O) groups excluding carboxylic acids is 1. The van der Waals surface area contributed by atoms with Gasteiger partial charge >= 0.3 is 0 Å². The molecule has 3 aliphatic carbocycles. The molecule has 5 unspecified atom stereocenters. The first-order chi connectivity index (χ1) is 14.7. The Kier molecular flexibility index (Phi) is 2.83. The third-order valence-corrected chi connectivity index (χ3v) is 8.84. The summed E-state index contributed by atoms with van der Waals surface area (Å²) >= 11 is 0. The first-order valence-electron chi connectivity index (χ1n) is 10.7. The van der Waals surface area contributed by atoms with Gasteiger partial charge in [0.2, 0.25) is 5.43 Å². The molecule has 2 aliphatic heterocycles. The Hall–Kier alpha value is -2.90. The Morgan fingerprint density at radius 2 is 1.94 bits per heavy atom. The lowest BCUT2D eigenvalue weighted by molar-refractivity contribution is -0.0178. The molecule has 3 fully saturated rings. The number of aromatic hydroxyl groups is 1. The largest absolute Gasteiger partial charge is 0.502 e. The molecular weight excluding hydrogens is 404 g/mol. The second-order valence-electron chi connectivity index (χ2n) is 9.92. The van der Waals surface area contributed by atoms with Gasteiger partial charge in [0.15, 0.2) is 11.4 Å². The van der Waals surface area contributed by atoms with Crippen molar-refractivity contribution in [2.75, 3.05) is 12.1 Å². The van der Waals surface area contributed by atoms with Gasteiger partial charge in [-0.3, -0.25) is 19.3 Å². The Bertz CT molecular complexity index is 1260. The summed E-state index contributed by atoms with van der Waals surface area (Å²) in [4.78, 5) is 26.7. The minimum Gasteiger partial charge on any atom is -0.502 e. The van der Waals surface area contributed by atoms with Crippen molar-refractivity contribution < 1.29 is 18.7 Å². The van der Waals surface area contributed by atoms with E-state index in [4.69, 9.17) is 0 Å². The third-order valence-electron chi connectivity index (χ3n) is 8.84. The molecule has 31 heavy (non-hydrogen) atoms. The molecule has 3 heterocycles. The van der Waals surface area contributed by atoms with Gasteiger partial charge in [0, 0.05) is 25.2 Å². The fourth-order valence-electron chi connectivity index (χ4n) is 7.57. The topological polar surface area (TPSA) is 65.8 Å². The standard InChI is InChI=1S/C23H21F2N3O3/c1-26-16-6-8-21-10-15-22(11-21,23(15,24)25)13-5-3-2-4-12(13)19(21)28(16)27-9-7-14(29)18(30)17(27)20(26)31/h2-5,7,9,15-16,19,30H,6,8,10-11H2,1H3. The lowest BCUT2D eigenvalue weighted by Crippen LogP contribution is -2.67. The van der Waals surface area contributed by atoms with E-state index in [1.54, 1.807) is 16.6 Å². The molecule has 1 saturated heterocycles. The van der Waals surface area contributed by atoms with Gasteiger partial charge in [-0.1, -0.05) is 24.3 Å². The van der Waals surface area contributed by atoms with E-state index in [2.05, 4.69) is 0 Å². The monoisotopic (exact) mass is 425 g/mol. The minimum atomic E-state index is -2.67. The van der Waals surface area contributed by atoms with Crippen molar-refractivity contribution in [1.82, 2.24) is 9.58 Å². The number of piperidine rings is 1. The summed E-state index contributed by atoms with van der Waals surface area (Å²) in [6.07, 6.45) is 3.55. The Balaban J connectivity index is 1.51. The van der Waals surface area contributed by atoms with Crippen LogP contribution in [0.3, 0.4) is 0 Å². The van der Waals surface area contributed by atoms with Crippen LogP contribution in [0.15, 0.2) is 41.3 Å². The molecule has 160 valence electrons. The number of aromatic nitrogens is 1. The van der Waals surface area contributed by atoms with Crippen molar-refractivity contribution >= 4 is 5.91 Å². The zero-order chi connectivity index (χ0) is 21.5. The molecule has 2 aromatic rings. The number of carbonyl (C=O) groups is 1. The molecule has 6 nitrogen and oxygen atoms in total. The van der Waals surface area contributed by atoms with Crippen molar-refractivity contribution in [2.24, 2.45) is 11.3 Å². The summed E-state index contributed by atoms with van der Waals surface area (Å²) in [5.41, 5.74) is -0.467. The van der Waals surface area contributed by atoms with Crippen molar-refractivity contribution in [1.29, 1.82) is 0 Å². The van der Waals surface area contributed by atoms with Crippen LogP contribution in [0.2, 0.25) is 0 Å². The summed E-state index contributed by atoms with van der Waals surface area (Å²) in [6, 6.07) is 8.53. The molecule has 1 aromatic carbocycles. The Labute approximate surface area is 176 Å². The van der Waals surface area contributed by atoms with E-state index in [1.807, 2.05) is 29.3 Å². The molecule has 8 heteroatoms. The fraction of sp³-hybridized carbons (Fsp3) is 0.478. The van der Waals surface area contributed by atoms with E-state index in [0.29, 0.717) is 19.3 Å².